The number of likely N-dealkylation sites (N-methyl/N-ethyl adjacent to an activating group) is 1. The van der Waals surface area contributed by atoms with Gasteiger partial charge in [-0.25, -0.2) is 4.39 Å². The second kappa shape index (κ2) is 4.71. The summed E-state index contributed by atoms with van der Waals surface area (Å²) in [5, 5.41) is 4.50. The average molecular weight is 280 g/mol. The van der Waals surface area contributed by atoms with Gasteiger partial charge in [0.1, 0.15) is 5.82 Å². The van der Waals surface area contributed by atoms with Crippen LogP contribution in [0.4, 0.5) is 4.39 Å². The molecule has 106 valence electrons. The molecule has 3 aromatic rings. The molecule has 1 aliphatic rings. The van der Waals surface area contributed by atoms with Crippen LogP contribution in [0.3, 0.4) is 0 Å². The van der Waals surface area contributed by atoms with Crippen molar-refractivity contribution < 1.29 is 4.39 Å². The summed E-state index contributed by atoms with van der Waals surface area (Å²) in [5.41, 5.74) is 4.26. The predicted molar refractivity (Wildman–Crippen MR) is 83.9 cm³/mol. The number of nitrogens with one attached hydrogen (secondary N) is 1. The Morgan fingerprint density at radius 1 is 1.10 bits per heavy atom. The molecule has 1 unspecified atom stereocenters. The standard InChI is InChI=1S/C18H17FN2/c1-20-13-9-12-5-4-7-15-16(11-21(10-13)18(12)15)14-6-2-3-8-17(14)19/h2-8,11,13,20H,9-10H2,1H3. The third kappa shape index (κ3) is 1.88. The van der Waals surface area contributed by atoms with E-state index in [0.29, 0.717) is 11.6 Å². The largest absolute Gasteiger partial charge is 0.345 e. The Morgan fingerprint density at radius 3 is 2.76 bits per heavy atom. The molecule has 3 heteroatoms. The molecule has 1 aliphatic heterocycles. The van der Waals surface area contributed by atoms with E-state index >= 15 is 0 Å². The molecular formula is C18H17FN2. The van der Waals surface area contributed by atoms with Crippen molar-refractivity contribution in [2.45, 2.75) is 19.0 Å². The number of rotatable bonds is 2. The van der Waals surface area contributed by atoms with Crippen LogP contribution in [-0.4, -0.2) is 17.7 Å². The topological polar surface area (TPSA) is 17.0 Å². The highest BCUT2D eigenvalue weighted by Gasteiger charge is 2.22. The van der Waals surface area contributed by atoms with Crippen LogP contribution in [0.15, 0.2) is 48.7 Å². The van der Waals surface area contributed by atoms with Crippen LogP contribution < -0.4 is 5.32 Å². The van der Waals surface area contributed by atoms with Gasteiger partial charge in [0, 0.05) is 35.3 Å². The molecule has 0 aliphatic carbocycles. The molecule has 0 amide bonds. The summed E-state index contributed by atoms with van der Waals surface area (Å²) in [6, 6.07) is 13.8. The monoisotopic (exact) mass is 280 g/mol. The number of hydrogen-bond donors (Lipinski definition) is 1. The van der Waals surface area contributed by atoms with E-state index in [9.17, 15) is 4.39 Å². The minimum Gasteiger partial charge on any atom is -0.345 e. The highest BCUT2D eigenvalue weighted by molar-refractivity contribution is 5.98. The summed E-state index contributed by atoms with van der Waals surface area (Å²) in [7, 11) is 2.00. The fourth-order valence-corrected chi connectivity index (χ4v) is 3.40. The number of hydrogen-bond acceptors (Lipinski definition) is 1. The van der Waals surface area contributed by atoms with Gasteiger partial charge < -0.3 is 9.88 Å². The third-order valence-electron chi connectivity index (χ3n) is 4.44. The smallest absolute Gasteiger partial charge is 0.131 e. The van der Waals surface area contributed by atoms with E-state index in [1.54, 1.807) is 6.07 Å². The molecule has 0 saturated heterocycles. The fraction of sp³-hybridized carbons (Fsp3) is 0.222. The summed E-state index contributed by atoms with van der Waals surface area (Å²) in [6.07, 6.45) is 3.12. The van der Waals surface area contributed by atoms with Crippen molar-refractivity contribution in [3.05, 3.63) is 60.0 Å². The van der Waals surface area contributed by atoms with Gasteiger partial charge in [-0.2, -0.15) is 0 Å². The highest BCUT2D eigenvalue weighted by Crippen LogP contribution is 2.36. The van der Waals surface area contributed by atoms with Crippen LogP contribution >= 0.6 is 0 Å². The number of benzene rings is 2. The first-order valence-electron chi connectivity index (χ1n) is 7.31. The maximum atomic E-state index is 14.2. The van der Waals surface area contributed by atoms with Gasteiger partial charge in [-0.15, -0.1) is 0 Å². The molecule has 2 nitrogen and oxygen atoms in total. The molecule has 1 N–H and O–H groups in total. The van der Waals surface area contributed by atoms with Gasteiger partial charge in [-0.05, 0) is 25.1 Å². The highest BCUT2D eigenvalue weighted by atomic mass is 19.1. The Morgan fingerprint density at radius 2 is 1.95 bits per heavy atom. The Hall–Kier alpha value is -2.13. The van der Waals surface area contributed by atoms with E-state index in [1.165, 1.54) is 17.1 Å². The molecule has 0 bridgehead atoms. The lowest BCUT2D eigenvalue weighted by atomic mass is 9.98. The summed E-state index contributed by atoms with van der Waals surface area (Å²) in [4.78, 5) is 0. The lowest BCUT2D eigenvalue weighted by Crippen LogP contribution is -2.34. The molecule has 0 spiro atoms. The molecule has 2 heterocycles. The molecular weight excluding hydrogens is 263 g/mol. The van der Waals surface area contributed by atoms with E-state index < -0.39 is 0 Å². The number of nitrogens with zero attached hydrogens (tertiary/aromatic N) is 1. The van der Waals surface area contributed by atoms with Gasteiger partial charge in [-0.1, -0.05) is 36.4 Å². The zero-order valence-corrected chi connectivity index (χ0v) is 11.9. The number of halogens is 1. The van der Waals surface area contributed by atoms with E-state index in [1.807, 2.05) is 19.2 Å². The second-order valence-corrected chi connectivity index (χ2v) is 5.68. The normalized spacial score (nSPS) is 17.3. The maximum Gasteiger partial charge on any atom is 0.131 e. The summed E-state index contributed by atoms with van der Waals surface area (Å²) in [6.45, 7) is 0.929. The Bertz CT molecular complexity index is 819. The fourth-order valence-electron chi connectivity index (χ4n) is 3.40. The van der Waals surface area contributed by atoms with Gasteiger partial charge >= 0.3 is 0 Å². The van der Waals surface area contributed by atoms with E-state index in [-0.39, 0.29) is 5.82 Å². The minimum absolute atomic E-state index is 0.161. The molecule has 0 radical (unpaired) electrons. The molecule has 1 atom stereocenters. The first-order chi connectivity index (χ1) is 10.3. The van der Waals surface area contributed by atoms with Crippen molar-refractivity contribution in [1.82, 2.24) is 9.88 Å². The SMILES string of the molecule is CNC1Cc2cccc3c(-c4ccccc4F)cn(c23)C1. The Kier molecular flexibility index (Phi) is 2.82. The van der Waals surface area contributed by atoms with E-state index in [2.05, 4.69) is 34.3 Å². The van der Waals surface area contributed by atoms with Crippen molar-refractivity contribution in [3.8, 4) is 11.1 Å². The van der Waals surface area contributed by atoms with Crippen LogP contribution in [0.25, 0.3) is 22.0 Å². The van der Waals surface area contributed by atoms with Crippen molar-refractivity contribution in [3.63, 3.8) is 0 Å². The molecule has 4 rings (SSSR count). The van der Waals surface area contributed by atoms with Gasteiger partial charge in [0.15, 0.2) is 0 Å². The average Bonchev–Trinajstić information content (AvgIpc) is 2.88. The quantitative estimate of drug-likeness (QED) is 0.759. The number of aromatic nitrogens is 1. The van der Waals surface area contributed by atoms with Crippen molar-refractivity contribution >= 4 is 10.9 Å². The van der Waals surface area contributed by atoms with Crippen LogP contribution in [0.5, 0.6) is 0 Å². The predicted octanol–water partition coefficient (Wildman–Crippen LogP) is 3.59. The molecule has 1 aromatic heterocycles. The lowest BCUT2D eigenvalue weighted by Gasteiger charge is -2.24. The van der Waals surface area contributed by atoms with Crippen molar-refractivity contribution in [1.29, 1.82) is 0 Å². The van der Waals surface area contributed by atoms with Crippen molar-refractivity contribution in [2.75, 3.05) is 7.05 Å². The minimum atomic E-state index is -0.161. The lowest BCUT2D eigenvalue weighted by molar-refractivity contribution is 0.471. The van der Waals surface area contributed by atoms with Crippen molar-refractivity contribution in [2.24, 2.45) is 0 Å². The van der Waals surface area contributed by atoms with Crippen LogP contribution in [0.2, 0.25) is 0 Å². The van der Waals surface area contributed by atoms with Gasteiger partial charge in [-0.3, -0.25) is 0 Å². The van der Waals surface area contributed by atoms with E-state index in [4.69, 9.17) is 0 Å². The zero-order chi connectivity index (χ0) is 14.4. The third-order valence-corrected chi connectivity index (χ3v) is 4.44. The number of para-hydroxylation sites is 1. The Balaban J connectivity index is 1.99. The zero-order valence-electron chi connectivity index (χ0n) is 11.9. The van der Waals surface area contributed by atoms with Gasteiger partial charge in [0.2, 0.25) is 0 Å². The maximum absolute atomic E-state index is 14.2. The summed E-state index contributed by atoms with van der Waals surface area (Å²) in [5.74, 6) is -0.161. The van der Waals surface area contributed by atoms with Crippen LogP contribution in [0, 0.1) is 5.82 Å². The molecule has 0 fully saturated rings. The van der Waals surface area contributed by atoms with E-state index in [0.717, 1.165) is 23.9 Å². The van der Waals surface area contributed by atoms with Crippen LogP contribution in [0.1, 0.15) is 5.56 Å². The van der Waals surface area contributed by atoms with Crippen LogP contribution in [-0.2, 0) is 13.0 Å². The van der Waals surface area contributed by atoms with Gasteiger partial charge in [0.05, 0.1) is 5.52 Å². The summed E-state index contributed by atoms with van der Waals surface area (Å²) >= 11 is 0. The first kappa shape index (κ1) is 12.6. The first-order valence-corrected chi connectivity index (χ1v) is 7.31. The molecule has 0 saturated carbocycles. The Labute approximate surface area is 123 Å². The second-order valence-electron chi connectivity index (χ2n) is 5.68. The molecule has 21 heavy (non-hydrogen) atoms. The molecule has 2 aromatic carbocycles. The summed E-state index contributed by atoms with van der Waals surface area (Å²) < 4.78 is 16.4. The van der Waals surface area contributed by atoms with Gasteiger partial charge in [0.25, 0.3) is 0 Å².